The maximum absolute atomic E-state index is 12.8. The van der Waals surface area contributed by atoms with E-state index in [-0.39, 0.29) is 12.2 Å². The van der Waals surface area contributed by atoms with Crippen LogP contribution in [0.4, 0.5) is 13.2 Å². The van der Waals surface area contributed by atoms with Crippen molar-refractivity contribution >= 4 is 0 Å². The Morgan fingerprint density at radius 3 is 2.74 bits per heavy atom. The first-order valence-corrected chi connectivity index (χ1v) is 6.61. The molecule has 23 heavy (non-hydrogen) atoms. The molecule has 3 aromatic rings. The number of nitrogens with zero attached hydrogens (tertiary/aromatic N) is 4. The summed E-state index contributed by atoms with van der Waals surface area (Å²) in [4.78, 5) is 0. The van der Waals surface area contributed by atoms with Gasteiger partial charge in [0.05, 0.1) is 11.3 Å². The van der Waals surface area contributed by atoms with Gasteiger partial charge in [0.1, 0.15) is 11.8 Å². The monoisotopic (exact) mass is 317 g/mol. The smallest absolute Gasteiger partial charge is 0.342 e. The fourth-order valence-corrected chi connectivity index (χ4v) is 2.30. The van der Waals surface area contributed by atoms with Crippen LogP contribution in [0.2, 0.25) is 0 Å². The Bertz CT molecular complexity index is 870. The summed E-state index contributed by atoms with van der Waals surface area (Å²) in [5, 5.41) is 19.0. The normalized spacial score (nSPS) is 11.4. The molecule has 0 fully saturated rings. The maximum atomic E-state index is 12.8. The first kappa shape index (κ1) is 14.8. The molecule has 1 aromatic carbocycles. The molecule has 0 atom stereocenters. The van der Waals surface area contributed by atoms with Crippen LogP contribution in [0.15, 0.2) is 42.6 Å². The fraction of sp³-hybridized carbons (Fsp3) is 0.133. The third-order valence-corrected chi connectivity index (χ3v) is 3.33. The summed E-state index contributed by atoms with van der Waals surface area (Å²) < 4.78 is 40.1. The molecule has 0 unspecified atom stereocenters. The SMILES string of the molecule is N#Cc1n[nH]nc1-c1cccn1Cc1cccc(C(F)(F)F)c1. The Balaban J connectivity index is 1.94. The molecule has 0 radical (unpaired) electrons. The molecule has 0 saturated carbocycles. The summed E-state index contributed by atoms with van der Waals surface area (Å²) in [6.45, 7) is 0.226. The number of benzene rings is 1. The topological polar surface area (TPSA) is 70.3 Å². The molecular weight excluding hydrogens is 307 g/mol. The van der Waals surface area contributed by atoms with Crippen LogP contribution in [-0.2, 0) is 12.7 Å². The highest BCUT2D eigenvalue weighted by molar-refractivity contribution is 5.61. The van der Waals surface area contributed by atoms with Crippen molar-refractivity contribution in [3.05, 3.63) is 59.4 Å². The van der Waals surface area contributed by atoms with E-state index in [1.807, 2.05) is 6.07 Å². The second kappa shape index (κ2) is 5.61. The minimum Gasteiger partial charge on any atom is -0.342 e. The number of hydrogen-bond donors (Lipinski definition) is 1. The summed E-state index contributed by atoms with van der Waals surface area (Å²) in [6.07, 6.45) is -2.67. The number of rotatable bonds is 3. The molecule has 0 saturated heterocycles. The number of hydrogen-bond acceptors (Lipinski definition) is 3. The van der Waals surface area contributed by atoms with Gasteiger partial charge in [0.2, 0.25) is 0 Å². The van der Waals surface area contributed by atoms with E-state index in [1.165, 1.54) is 6.07 Å². The van der Waals surface area contributed by atoms with Gasteiger partial charge in [-0.3, -0.25) is 0 Å². The molecule has 5 nitrogen and oxygen atoms in total. The molecule has 0 aliphatic rings. The van der Waals surface area contributed by atoms with Gasteiger partial charge in [0.15, 0.2) is 5.69 Å². The zero-order valence-electron chi connectivity index (χ0n) is 11.7. The largest absolute Gasteiger partial charge is 0.416 e. The third kappa shape index (κ3) is 2.94. The predicted octanol–water partition coefficient (Wildman–Crippen LogP) is 3.21. The number of alkyl halides is 3. The van der Waals surface area contributed by atoms with Crippen LogP contribution in [0.1, 0.15) is 16.8 Å². The number of nitrogens with one attached hydrogen (secondary N) is 1. The summed E-state index contributed by atoms with van der Waals surface area (Å²) in [5.74, 6) is 0. The average Bonchev–Trinajstić information content (AvgIpc) is 3.14. The Morgan fingerprint density at radius 2 is 2.00 bits per heavy atom. The van der Waals surface area contributed by atoms with E-state index in [1.54, 1.807) is 29.0 Å². The zero-order chi connectivity index (χ0) is 16.4. The van der Waals surface area contributed by atoms with Crippen LogP contribution in [-0.4, -0.2) is 20.0 Å². The summed E-state index contributed by atoms with van der Waals surface area (Å²) in [6, 6.07) is 10.5. The van der Waals surface area contributed by atoms with E-state index in [4.69, 9.17) is 5.26 Å². The van der Waals surface area contributed by atoms with Crippen molar-refractivity contribution in [3.8, 4) is 17.5 Å². The third-order valence-electron chi connectivity index (χ3n) is 3.33. The fourth-order valence-electron chi connectivity index (χ4n) is 2.30. The second-order valence-corrected chi connectivity index (χ2v) is 4.85. The lowest BCUT2D eigenvalue weighted by Gasteiger charge is -2.11. The molecular formula is C15H10F3N5. The van der Waals surface area contributed by atoms with Gasteiger partial charge in [0, 0.05) is 12.7 Å². The Morgan fingerprint density at radius 1 is 1.17 bits per heavy atom. The van der Waals surface area contributed by atoms with Crippen LogP contribution in [0.3, 0.4) is 0 Å². The van der Waals surface area contributed by atoms with Crippen molar-refractivity contribution in [1.29, 1.82) is 5.26 Å². The van der Waals surface area contributed by atoms with E-state index in [2.05, 4.69) is 15.4 Å². The molecule has 0 amide bonds. The van der Waals surface area contributed by atoms with Gasteiger partial charge in [-0.15, -0.1) is 5.10 Å². The van der Waals surface area contributed by atoms with Gasteiger partial charge in [-0.1, -0.05) is 12.1 Å². The van der Waals surface area contributed by atoms with Crippen molar-refractivity contribution in [1.82, 2.24) is 20.0 Å². The molecule has 116 valence electrons. The molecule has 0 aliphatic heterocycles. The first-order valence-electron chi connectivity index (χ1n) is 6.61. The van der Waals surface area contributed by atoms with Crippen LogP contribution in [0.5, 0.6) is 0 Å². The van der Waals surface area contributed by atoms with Crippen LogP contribution in [0.25, 0.3) is 11.4 Å². The van der Waals surface area contributed by atoms with Crippen LogP contribution >= 0.6 is 0 Å². The zero-order valence-corrected chi connectivity index (χ0v) is 11.7. The molecule has 3 rings (SSSR count). The first-order chi connectivity index (χ1) is 11.0. The van der Waals surface area contributed by atoms with E-state index < -0.39 is 11.7 Å². The van der Waals surface area contributed by atoms with Crippen molar-refractivity contribution in [2.75, 3.05) is 0 Å². The van der Waals surface area contributed by atoms with Gasteiger partial charge in [-0.2, -0.15) is 28.7 Å². The molecule has 2 heterocycles. The molecule has 0 bridgehead atoms. The van der Waals surface area contributed by atoms with Gasteiger partial charge in [-0.05, 0) is 29.8 Å². The Kier molecular flexibility index (Phi) is 3.62. The maximum Gasteiger partial charge on any atom is 0.416 e. The quantitative estimate of drug-likeness (QED) is 0.806. The lowest BCUT2D eigenvalue weighted by Crippen LogP contribution is -2.07. The van der Waals surface area contributed by atoms with Gasteiger partial charge >= 0.3 is 6.18 Å². The van der Waals surface area contributed by atoms with Gasteiger partial charge in [-0.25, -0.2) is 0 Å². The highest BCUT2D eigenvalue weighted by Gasteiger charge is 2.30. The molecule has 0 aliphatic carbocycles. The van der Waals surface area contributed by atoms with E-state index in [0.29, 0.717) is 17.0 Å². The van der Waals surface area contributed by atoms with E-state index >= 15 is 0 Å². The number of aromatic nitrogens is 4. The van der Waals surface area contributed by atoms with Crippen molar-refractivity contribution < 1.29 is 13.2 Å². The summed E-state index contributed by atoms with van der Waals surface area (Å²) in [7, 11) is 0. The molecule has 1 N–H and O–H groups in total. The Labute approximate surface area is 129 Å². The molecule has 0 spiro atoms. The lowest BCUT2D eigenvalue weighted by atomic mass is 10.1. The summed E-state index contributed by atoms with van der Waals surface area (Å²) >= 11 is 0. The number of halogens is 3. The number of nitriles is 1. The standard InChI is InChI=1S/C15H10F3N5/c16-15(17,18)11-4-1-3-10(7-11)9-23-6-2-5-13(23)14-12(8-19)20-22-21-14/h1-7H,9H2,(H,20,21,22). The second-order valence-electron chi connectivity index (χ2n) is 4.85. The highest BCUT2D eigenvalue weighted by Crippen LogP contribution is 2.30. The number of H-pyrrole nitrogens is 1. The summed E-state index contributed by atoms with van der Waals surface area (Å²) in [5.41, 5.74) is 0.910. The minimum absolute atomic E-state index is 0.133. The lowest BCUT2D eigenvalue weighted by molar-refractivity contribution is -0.137. The Hall–Kier alpha value is -3.08. The minimum atomic E-state index is -4.38. The van der Waals surface area contributed by atoms with Crippen LogP contribution in [0, 0.1) is 11.3 Å². The van der Waals surface area contributed by atoms with Crippen molar-refractivity contribution in [3.63, 3.8) is 0 Å². The van der Waals surface area contributed by atoms with Crippen molar-refractivity contribution in [2.24, 2.45) is 0 Å². The highest BCUT2D eigenvalue weighted by atomic mass is 19.4. The van der Waals surface area contributed by atoms with Gasteiger partial charge < -0.3 is 4.57 Å². The van der Waals surface area contributed by atoms with Gasteiger partial charge in [0.25, 0.3) is 0 Å². The predicted molar refractivity (Wildman–Crippen MR) is 75.1 cm³/mol. The van der Waals surface area contributed by atoms with E-state index in [9.17, 15) is 13.2 Å². The van der Waals surface area contributed by atoms with Crippen molar-refractivity contribution in [2.45, 2.75) is 12.7 Å². The van der Waals surface area contributed by atoms with Crippen LogP contribution < -0.4 is 0 Å². The molecule has 8 heteroatoms. The average molecular weight is 317 g/mol. The number of aromatic amines is 1. The van der Waals surface area contributed by atoms with E-state index in [0.717, 1.165) is 12.1 Å². The molecule has 2 aromatic heterocycles.